The van der Waals surface area contributed by atoms with E-state index in [1.165, 1.54) is 6.21 Å². The van der Waals surface area contributed by atoms with Gasteiger partial charge in [0.05, 0.1) is 21.3 Å². The Morgan fingerprint density at radius 3 is 2.46 bits per heavy atom. The monoisotopic (exact) mass is 237 g/mol. The van der Waals surface area contributed by atoms with Gasteiger partial charge in [0.15, 0.2) is 0 Å². The highest BCUT2D eigenvalue weighted by atomic mass is 35.5. The fraction of sp³-hybridized carbons (Fsp3) is 0.125. The van der Waals surface area contributed by atoms with Gasteiger partial charge in [0.2, 0.25) is 0 Å². The maximum atomic E-state index is 8.36. The Balaban J connectivity index is 3.43. The van der Waals surface area contributed by atoms with Crippen LogP contribution >= 0.6 is 34.8 Å². The van der Waals surface area contributed by atoms with Crippen LogP contribution in [0.3, 0.4) is 0 Å². The number of nitrogens with zero attached hydrogens (tertiary/aromatic N) is 1. The molecule has 0 radical (unpaired) electrons. The number of aryl methyl sites for hydroxylation is 1. The van der Waals surface area contributed by atoms with Gasteiger partial charge in [0, 0.05) is 5.56 Å². The van der Waals surface area contributed by atoms with Crippen LogP contribution in [0, 0.1) is 6.92 Å². The summed E-state index contributed by atoms with van der Waals surface area (Å²) in [5.74, 6) is 0. The van der Waals surface area contributed by atoms with Crippen molar-refractivity contribution in [3.8, 4) is 0 Å². The van der Waals surface area contributed by atoms with Crippen molar-refractivity contribution in [3.05, 3.63) is 32.3 Å². The zero-order chi connectivity index (χ0) is 10.0. The van der Waals surface area contributed by atoms with E-state index in [-0.39, 0.29) is 5.02 Å². The van der Waals surface area contributed by atoms with Crippen molar-refractivity contribution in [2.45, 2.75) is 6.92 Å². The number of benzene rings is 1. The van der Waals surface area contributed by atoms with Gasteiger partial charge in [-0.25, -0.2) is 0 Å². The van der Waals surface area contributed by atoms with E-state index in [2.05, 4.69) is 5.16 Å². The van der Waals surface area contributed by atoms with Crippen molar-refractivity contribution in [1.82, 2.24) is 0 Å². The molecule has 0 aromatic heterocycles. The van der Waals surface area contributed by atoms with Crippen LogP contribution in [0.25, 0.3) is 0 Å². The van der Waals surface area contributed by atoms with Crippen LogP contribution in [-0.2, 0) is 0 Å². The molecule has 0 saturated carbocycles. The molecule has 0 heterocycles. The van der Waals surface area contributed by atoms with Crippen molar-refractivity contribution in [2.75, 3.05) is 0 Å². The summed E-state index contributed by atoms with van der Waals surface area (Å²) in [7, 11) is 0. The van der Waals surface area contributed by atoms with Crippen molar-refractivity contribution in [1.29, 1.82) is 0 Å². The molecule has 1 aromatic rings. The quantitative estimate of drug-likeness (QED) is 0.343. The molecule has 0 saturated heterocycles. The summed E-state index contributed by atoms with van der Waals surface area (Å²) in [6.45, 7) is 1.80. The molecule has 0 bridgehead atoms. The Bertz CT molecular complexity index is 363. The molecule has 2 nitrogen and oxygen atoms in total. The molecule has 0 aliphatic rings. The van der Waals surface area contributed by atoms with E-state index in [9.17, 15) is 0 Å². The third-order valence-corrected chi connectivity index (χ3v) is 2.87. The number of oxime groups is 1. The number of hydrogen-bond donors (Lipinski definition) is 1. The average molecular weight is 239 g/mol. The molecule has 70 valence electrons. The second-order valence-electron chi connectivity index (χ2n) is 2.46. The van der Waals surface area contributed by atoms with Crippen molar-refractivity contribution < 1.29 is 5.21 Å². The minimum atomic E-state index is 0.267. The fourth-order valence-corrected chi connectivity index (χ4v) is 1.71. The van der Waals surface area contributed by atoms with Gasteiger partial charge in [-0.1, -0.05) is 40.0 Å². The van der Waals surface area contributed by atoms with Crippen molar-refractivity contribution >= 4 is 41.0 Å². The summed E-state index contributed by atoms with van der Waals surface area (Å²) in [5.41, 5.74) is 1.37. The van der Waals surface area contributed by atoms with E-state index in [1.54, 1.807) is 13.0 Å². The van der Waals surface area contributed by atoms with Gasteiger partial charge in [0.25, 0.3) is 0 Å². The first-order chi connectivity index (χ1) is 6.07. The summed E-state index contributed by atoms with van der Waals surface area (Å²) in [4.78, 5) is 0. The fourth-order valence-electron chi connectivity index (χ4n) is 0.944. The first-order valence-electron chi connectivity index (χ1n) is 3.39. The van der Waals surface area contributed by atoms with E-state index in [1.807, 2.05) is 0 Å². The molecule has 0 aliphatic carbocycles. The van der Waals surface area contributed by atoms with E-state index in [4.69, 9.17) is 40.0 Å². The standard InChI is InChI=1S/C8H6Cl3NO/c1-4-2-6(9)8(11)7(10)5(4)3-12-13/h2-3,13H,1H3. The minimum absolute atomic E-state index is 0.267. The molecule has 13 heavy (non-hydrogen) atoms. The SMILES string of the molecule is Cc1cc(Cl)c(Cl)c(Cl)c1C=NO. The van der Waals surface area contributed by atoms with Crippen molar-refractivity contribution in [2.24, 2.45) is 5.16 Å². The van der Waals surface area contributed by atoms with Gasteiger partial charge >= 0.3 is 0 Å². The highest BCUT2D eigenvalue weighted by molar-refractivity contribution is 6.49. The third kappa shape index (κ3) is 2.08. The minimum Gasteiger partial charge on any atom is -0.411 e. The topological polar surface area (TPSA) is 32.6 Å². The second kappa shape index (κ2) is 4.18. The molecule has 0 aliphatic heterocycles. The molecule has 1 N–H and O–H groups in total. The first-order valence-corrected chi connectivity index (χ1v) is 4.53. The lowest BCUT2D eigenvalue weighted by molar-refractivity contribution is 0.322. The van der Waals surface area contributed by atoms with Gasteiger partial charge in [-0.2, -0.15) is 0 Å². The predicted octanol–water partition coefficient (Wildman–Crippen LogP) is 3.76. The lowest BCUT2D eigenvalue weighted by atomic mass is 10.1. The number of halogens is 3. The Hall–Kier alpha value is -0.440. The highest BCUT2D eigenvalue weighted by Gasteiger charge is 2.10. The normalized spacial score (nSPS) is 11.1. The summed E-state index contributed by atoms with van der Waals surface area (Å²) in [6, 6.07) is 1.66. The number of hydrogen-bond acceptors (Lipinski definition) is 2. The zero-order valence-electron chi connectivity index (χ0n) is 6.68. The van der Waals surface area contributed by atoms with Crippen LogP contribution in [-0.4, -0.2) is 11.4 Å². The van der Waals surface area contributed by atoms with E-state index >= 15 is 0 Å². The van der Waals surface area contributed by atoms with Crippen LogP contribution in [0.5, 0.6) is 0 Å². The van der Waals surface area contributed by atoms with Gasteiger partial charge in [-0.05, 0) is 18.6 Å². The van der Waals surface area contributed by atoms with Crippen LogP contribution in [0.4, 0.5) is 0 Å². The highest BCUT2D eigenvalue weighted by Crippen LogP contribution is 2.33. The van der Waals surface area contributed by atoms with E-state index < -0.39 is 0 Å². The maximum absolute atomic E-state index is 8.36. The summed E-state index contributed by atoms with van der Waals surface area (Å²) in [6.07, 6.45) is 1.22. The Morgan fingerprint density at radius 2 is 1.92 bits per heavy atom. The van der Waals surface area contributed by atoms with Crippen LogP contribution in [0.1, 0.15) is 11.1 Å². The van der Waals surface area contributed by atoms with Gasteiger partial charge < -0.3 is 5.21 Å². The average Bonchev–Trinajstić information content (AvgIpc) is 2.09. The van der Waals surface area contributed by atoms with E-state index in [0.29, 0.717) is 15.6 Å². The van der Waals surface area contributed by atoms with Crippen LogP contribution < -0.4 is 0 Å². The van der Waals surface area contributed by atoms with Gasteiger partial charge in [-0.15, -0.1) is 0 Å². The first kappa shape index (κ1) is 10.6. The van der Waals surface area contributed by atoms with Gasteiger partial charge in [0.1, 0.15) is 0 Å². The number of rotatable bonds is 1. The molecule has 0 amide bonds. The second-order valence-corrected chi connectivity index (χ2v) is 3.62. The Labute approximate surface area is 90.7 Å². The molecular formula is C8H6Cl3NO. The largest absolute Gasteiger partial charge is 0.411 e. The zero-order valence-corrected chi connectivity index (χ0v) is 8.95. The molecule has 0 spiro atoms. The maximum Gasteiger partial charge on any atom is 0.0785 e. The lowest BCUT2D eigenvalue weighted by Crippen LogP contribution is -1.90. The van der Waals surface area contributed by atoms with Crippen molar-refractivity contribution in [3.63, 3.8) is 0 Å². The van der Waals surface area contributed by atoms with Crippen LogP contribution in [0.2, 0.25) is 15.1 Å². The molecule has 1 aromatic carbocycles. The molecule has 1 rings (SSSR count). The summed E-state index contributed by atoms with van der Waals surface area (Å²) in [5, 5.41) is 12.2. The molecule has 0 atom stereocenters. The Kier molecular flexibility index (Phi) is 3.42. The third-order valence-electron chi connectivity index (χ3n) is 1.59. The Morgan fingerprint density at radius 1 is 1.31 bits per heavy atom. The molecule has 0 unspecified atom stereocenters. The van der Waals surface area contributed by atoms with Gasteiger partial charge in [-0.3, -0.25) is 0 Å². The predicted molar refractivity (Wildman–Crippen MR) is 55.6 cm³/mol. The van der Waals surface area contributed by atoms with Crippen LogP contribution in [0.15, 0.2) is 11.2 Å². The van der Waals surface area contributed by atoms with E-state index in [0.717, 1.165) is 5.56 Å². The summed E-state index contributed by atoms with van der Waals surface area (Å²) >= 11 is 17.4. The lowest BCUT2D eigenvalue weighted by Gasteiger charge is -2.05. The molecule has 5 heteroatoms. The smallest absolute Gasteiger partial charge is 0.0785 e. The summed E-state index contributed by atoms with van der Waals surface area (Å²) < 4.78 is 0. The molecular weight excluding hydrogens is 232 g/mol. The molecule has 0 fully saturated rings.